The zero-order valence-electron chi connectivity index (χ0n) is 15.4. The largest absolute Gasteiger partial charge is 0.394 e. The molecule has 4 heterocycles. The second kappa shape index (κ2) is 7.17. The number of aliphatic hydroxyl groups excluding tert-OH is 1. The molecule has 0 radical (unpaired) electrons. The van der Waals surface area contributed by atoms with Crippen molar-refractivity contribution in [3.05, 3.63) is 35.0 Å². The maximum Gasteiger partial charge on any atom is 0.164 e. The van der Waals surface area contributed by atoms with Crippen molar-refractivity contribution in [1.29, 1.82) is 0 Å². The number of rotatable bonds is 3. The van der Waals surface area contributed by atoms with E-state index in [2.05, 4.69) is 9.88 Å². The molecule has 1 atom stereocenters. The molecule has 140 valence electrons. The van der Waals surface area contributed by atoms with E-state index in [0.717, 1.165) is 54.3 Å². The van der Waals surface area contributed by atoms with Crippen LogP contribution < -0.4 is 4.90 Å². The van der Waals surface area contributed by atoms with Crippen LogP contribution in [0.15, 0.2) is 24.5 Å². The van der Waals surface area contributed by atoms with Crippen molar-refractivity contribution in [2.75, 3.05) is 18.1 Å². The Morgan fingerprint density at radius 3 is 2.93 bits per heavy atom. The predicted molar refractivity (Wildman–Crippen MR) is 109 cm³/mol. The summed E-state index contributed by atoms with van der Waals surface area (Å²) in [5.41, 5.74) is 2.40. The molecule has 5 rings (SSSR count). The Morgan fingerprint density at radius 2 is 2.07 bits per heavy atom. The highest BCUT2D eigenvalue weighted by molar-refractivity contribution is 7.19. The number of aliphatic hydroxyl groups is 1. The van der Waals surface area contributed by atoms with Crippen LogP contribution in [0.2, 0.25) is 0 Å². The Labute approximate surface area is 163 Å². The van der Waals surface area contributed by atoms with Gasteiger partial charge >= 0.3 is 0 Å². The average molecular weight is 381 g/mol. The molecule has 27 heavy (non-hydrogen) atoms. The molecule has 2 aliphatic rings. The molecule has 1 aliphatic heterocycles. The first kappa shape index (κ1) is 17.1. The van der Waals surface area contributed by atoms with Gasteiger partial charge in [0.1, 0.15) is 10.6 Å². The van der Waals surface area contributed by atoms with Gasteiger partial charge < -0.3 is 10.0 Å². The van der Waals surface area contributed by atoms with Crippen LogP contribution >= 0.6 is 11.3 Å². The molecular formula is C21H24N4OS. The Hall–Kier alpha value is -2.05. The normalized spacial score (nSPS) is 20.0. The van der Waals surface area contributed by atoms with E-state index in [4.69, 9.17) is 9.97 Å². The summed E-state index contributed by atoms with van der Waals surface area (Å²) in [6, 6.07) is 4.10. The molecule has 0 spiro atoms. The second-order valence-corrected chi connectivity index (χ2v) is 8.61. The molecule has 3 aromatic heterocycles. The lowest BCUT2D eigenvalue weighted by Gasteiger charge is -2.36. The number of piperidine rings is 1. The van der Waals surface area contributed by atoms with Gasteiger partial charge in [-0.1, -0.05) is 0 Å². The van der Waals surface area contributed by atoms with E-state index >= 15 is 0 Å². The van der Waals surface area contributed by atoms with E-state index in [1.54, 1.807) is 6.20 Å². The fraction of sp³-hybridized carbons (Fsp3) is 0.476. The zero-order valence-corrected chi connectivity index (χ0v) is 16.2. The molecule has 1 aliphatic carbocycles. The van der Waals surface area contributed by atoms with Crippen molar-refractivity contribution in [3.63, 3.8) is 0 Å². The number of aryl methyl sites for hydroxylation is 2. The zero-order chi connectivity index (χ0) is 18.2. The van der Waals surface area contributed by atoms with Crippen molar-refractivity contribution >= 4 is 27.4 Å². The number of thiophene rings is 1. The summed E-state index contributed by atoms with van der Waals surface area (Å²) in [5, 5.41) is 11.2. The third-order valence-electron chi connectivity index (χ3n) is 5.83. The van der Waals surface area contributed by atoms with Crippen LogP contribution in [-0.4, -0.2) is 39.3 Å². The lowest BCUT2D eigenvalue weighted by atomic mass is 9.96. The van der Waals surface area contributed by atoms with Gasteiger partial charge in [-0.05, 0) is 62.6 Å². The van der Waals surface area contributed by atoms with Gasteiger partial charge in [0, 0.05) is 29.4 Å². The van der Waals surface area contributed by atoms with Crippen molar-refractivity contribution in [1.82, 2.24) is 15.0 Å². The molecule has 1 saturated heterocycles. The Bertz CT molecular complexity index is 956. The summed E-state index contributed by atoms with van der Waals surface area (Å²) in [5.74, 6) is 1.77. The lowest BCUT2D eigenvalue weighted by Crippen LogP contribution is -2.42. The van der Waals surface area contributed by atoms with Gasteiger partial charge in [-0.2, -0.15) is 0 Å². The van der Waals surface area contributed by atoms with E-state index < -0.39 is 0 Å². The predicted octanol–water partition coefficient (Wildman–Crippen LogP) is 3.98. The monoisotopic (exact) mass is 380 g/mol. The summed E-state index contributed by atoms with van der Waals surface area (Å²) in [4.78, 5) is 19.1. The van der Waals surface area contributed by atoms with Gasteiger partial charge in [0.25, 0.3) is 0 Å². The summed E-state index contributed by atoms with van der Waals surface area (Å²) in [7, 11) is 0. The molecule has 0 unspecified atom stereocenters. The number of fused-ring (bicyclic) bond motifs is 3. The van der Waals surface area contributed by atoms with E-state index in [-0.39, 0.29) is 12.6 Å². The van der Waals surface area contributed by atoms with Crippen molar-refractivity contribution in [3.8, 4) is 11.4 Å². The minimum atomic E-state index is 0.151. The highest BCUT2D eigenvalue weighted by Crippen LogP contribution is 2.41. The quantitative estimate of drug-likeness (QED) is 0.745. The molecule has 0 bridgehead atoms. The van der Waals surface area contributed by atoms with Crippen LogP contribution in [0.3, 0.4) is 0 Å². The van der Waals surface area contributed by atoms with Gasteiger partial charge in [-0.15, -0.1) is 11.3 Å². The van der Waals surface area contributed by atoms with Crippen LogP contribution in [0.1, 0.15) is 42.5 Å². The van der Waals surface area contributed by atoms with Crippen LogP contribution in [-0.2, 0) is 12.8 Å². The highest BCUT2D eigenvalue weighted by Gasteiger charge is 2.29. The second-order valence-electron chi connectivity index (χ2n) is 7.53. The van der Waals surface area contributed by atoms with E-state index in [1.807, 2.05) is 29.7 Å². The fourth-order valence-electron chi connectivity index (χ4n) is 4.44. The van der Waals surface area contributed by atoms with Crippen molar-refractivity contribution < 1.29 is 5.11 Å². The minimum absolute atomic E-state index is 0.151. The number of pyridine rings is 1. The molecular weight excluding hydrogens is 356 g/mol. The first-order valence-corrected chi connectivity index (χ1v) is 10.8. The van der Waals surface area contributed by atoms with Gasteiger partial charge in [-0.25, -0.2) is 9.97 Å². The van der Waals surface area contributed by atoms with Gasteiger partial charge in [-0.3, -0.25) is 4.98 Å². The third kappa shape index (κ3) is 3.01. The van der Waals surface area contributed by atoms with Gasteiger partial charge in [0.05, 0.1) is 18.0 Å². The van der Waals surface area contributed by atoms with Gasteiger partial charge in [0.15, 0.2) is 5.82 Å². The summed E-state index contributed by atoms with van der Waals surface area (Å²) >= 11 is 1.83. The topological polar surface area (TPSA) is 62.1 Å². The molecule has 1 N–H and O–H groups in total. The first-order valence-electron chi connectivity index (χ1n) is 9.95. The molecule has 1 fully saturated rings. The number of hydrogen-bond acceptors (Lipinski definition) is 6. The number of hydrogen-bond donors (Lipinski definition) is 1. The molecule has 6 heteroatoms. The summed E-state index contributed by atoms with van der Waals surface area (Å²) < 4.78 is 0. The number of aromatic nitrogens is 3. The SMILES string of the molecule is OC[C@H]1CCCCN1c1nc(-c2cccnc2)nc2sc3c(c12)CCCC3. The lowest BCUT2D eigenvalue weighted by molar-refractivity contribution is 0.239. The van der Waals surface area contributed by atoms with Crippen LogP contribution in [0, 0.1) is 0 Å². The summed E-state index contributed by atoms with van der Waals surface area (Å²) in [6.07, 6.45) is 11.7. The maximum absolute atomic E-state index is 9.98. The van der Waals surface area contributed by atoms with Crippen molar-refractivity contribution in [2.45, 2.75) is 51.0 Å². The molecule has 0 saturated carbocycles. The Balaban J connectivity index is 1.74. The van der Waals surface area contributed by atoms with Crippen LogP contribution in [0.4, 0.5) is 5.82 Å². The van der Waals surface area contributed by atoms with E-state index in [9.17, 15) is 5.11 Å². The first-order chi connectivity index (χ1) is 13.3. The maximum atomic E-state index is 9.98. The molecule has 3 aromatic rings. The third-order valence-corrected chi connectivity index (χ3v) is 7.01. The van der Waals surface area contributed by atoms with E-state index in [0.29, 0.717) is 0 Å². The smallest absolute Gasteiger partial charge is 0.164 e. The Morgan fingerprint density at radius 1 is 1.15 bits per heavy atom. The van der Waals surface area contributed by atoms with Crippen LogP contribution in [0.25, 0.3) is 21.6 Å². The molecule has 0 amide bonds. The molecule has 5 nitrogen and oxygen atoms in total. The fourth-order valence-corrected chi connectivity index (χ4v) is 5.70. The van der Waals surface area contributed by atoms with Crippen LogP contribution in [0.5, 0.6) is 0 Å². The highest BCUT2D eigenvalue weighted by atomic mass is 32.1. The number of nitrogens with zero attached hydrogens (tertiary/aromatic N) is 4. The van der Waals surface area contributed by atoms with E-state index in [1.165, 1.54) is 35.1 Å². The standard InChI is InChI=1S/C21H24N4OS/c26-13-15-7-3-4-11-25(15)20-18-16-8-1-2-9-17(16)27-21(18)24-19(23-20)14-6-5-10-22-12-14/h5-6,10,12,15,26H,1-4,7-9,11,13H2/t15-/m1/s1. The Kier molecular flexibility index (Phi) is 4.53. The van der Waals surface area contributed by atoms with Crippen molar-refractivity contribution in [2.24, 2.45) is 0 Å². The minimum Gasteiger partial charge on any atom is -0.394 e. The molecule has 0 aromatic carbocycles. The number of anilines is 1. The average Bonchev–Trinajstić information content (AvgIpc) is 3.12. The summed E-state index contributed by atoms with van der Waals surface area (Å²) in [6.45, 7) is 1.13. The van der Waals surface area contributed by atoms with Gasteiger partial charge in [0.2, 0.25) is 0 Å².